The maximum Gasteiger partial charge on any atom is 0.224 e. The number of amides is 1. The van der Waals surface area contributed by atoms with Crippen LogP contribution in [0.25, 0.3) is 10.8 Å². The highest BCUT2D eigenvalue weighted by Crippen LogP contribution is 2.17. The predicted octanol–water partition coefficient (Wildman–Crippen LogP) is 3.85. The fourth-order valence-corrected chi connectivity index (χ4v) is 2.53. The average molecular weight is 334 g/mol. The minimum Gasteiger partial charge on any atom is -0.481 e. The van der Waals surface area contributed by atoms with Gasteiger partial charge >= 0.3 is 0 Å². The molecule has 3 aromatic rings. The second-order valence-electron chi connectivity index (χ2n) is 5.62. The van der Waals surface area contributed by atoms with Crippen molar-refractivity contribution in [1.29, 1.82) is 0 Å². The van der Waals surface area contributed by atoms with Gasteiger partial charge in [-0.15, -0.1) is 0 Å². The number of fused-ring (bicyclic) bond motifs is 1. The van der Waals surface area contributed by atoms with E-state index in [0.29, 0.717) is 17.1 Å². The van der Waals surface area contributed by atoms with E-state index in [1.165, 1.54) is 13.3 Å². The minimum absolute atomic E-state index is 0.0474. The van der Waals surface area contributed by atoms with Crippen molar-refractivity contribution in [2.24, 2.45) is 0 Å². The molecule has 1 amide bonds. The van der Waals surface area contributed by atoms with Gasteiger partial charge in [-0.3, -0.25) is 9.59 Å². The first-order valence-corrected chi connectivity index (χ1v) is 7.97. The van der Waals surface area contributed by atoms with Gasteiger partial charge in [-0.25, -0.2) is 4.98 Å². The molecule has 0 aliphatic rings. The first-order chi connectivity index (χ1) is 12.2. The maximum absolute atomic E-state index is 12.3. The summed E-state index contributed by atoms with van der Waals surface area (Å²) in [5.41, 5.74) is 1.20. The molecule has 0 unspecified atom stereocenters. The average Bonchev–Trinajstić information content (AvgIpc) is 2.66. The second-order valence-corrected chi connectivity index (χ2v) is 5.62. The van der Waals surface area contributed by atoms with E-state index in [1.807, 2.05) is 36.4 Å². The molecular weight excluding hydrogens is 316 g/mol. The minimum atomic E-state index is -0.221. The zero-order valence-electron chi connectivity index (χ0n) is 13.9. The molecule has 5 heteroatoms. The highest BCUT2D eigenvalue weighted by Gasteiger charge is 2.10. The van der Waals surface area contributed by atoms with Gasteiger partial charge in [0.2, 0.25) is 11.8 Å². The van der Waals surface area contributed by atoms with Crippen molar-refractivity contribution in [3.05, 3.63) is 66.4 Å². The van der Waals surface area contributed by atoms with Gasteiger partial charge in [-0.2, -0.15) is 0 Å². The van der Waals surface area contributed by atoms with Gasteiger partial charge < -0.3 is 10.1 Å². The quantitative estimate of drug-likeness (QED) is 0.695. The summed E-state index contributed by atoms with van der Waals surface area (Å²) >= 11 is 0. The number of ether oxygens (including phenoxy) is 1. The van der Waals surface area contributed by atoms with Crippen LogP contribution in [0.2, 0.25) is 0 Å². The Hall–Kier alpha value is -3.21. The van der Waals surface area contributed by atoms with Crippen LogP contribution < -0.4 is 10.1 Å². The molecule has 25 heavy (non-hydrogen) atoms. The second kappa shape index (κ2) is 7.57. The molecule has 0 aliphatic heterocycles. The number of nitrogens with one attached hydrogen (secondary N) is 1. The number of rotatable bonds is 6. The molecule has 0 bridgehead atoms. The van der Waals surface area contributed by atoms with Gasteiger partial charge in [-0.1, -0.05) is 36.4 Å². The predicted molar refractivity (Wildman–Crippen MR) is 96.9 cm³/mol. The third-order valence-corrected chi connectivity index (χ3v) is 3.88. The fourth-order valence-electron chi connectivity index (χ4n) is 2.53. The van der Waals surface area contributed by atoms with Crippen LogP contribution >= 0.6 is 0 Å². The monoisotopic (exact) mass is 334 g/mol. The summed E-state index contributed by atoms with van der Waals surface area (Å²) < 4.78 is 4.96. The van der Waals surface area contributed by atoms with E-state index < -0.39 is 0 Å². The van der Waals surface area contributed by atoms with Crippen LogP contribution in [0.5, 0.6) is 5.88 Å². The van der Waals surface area contributed by atoms with Crippen molar-refractivity contribution in [3.8, 4) is 5.88 Å². The first-order valence-electron chi connectivity index (χ1n) is 7.97. The van der Waals surface area contributed by atoms with E-state index in [4.69, 9.17) is 4.74 Å². The van der Waals surface area contributed by atoms with E-state index in [-0.39, 0.29) is 24.5 Å². The number of anilines is 1. The molecule has 0 atom stereocenters. The summed E-state index contributed by atoms with van der Waals surface area (Å²) in [5.74, 6) is 0.208. The van der Waals surface area contributed by atoms with Crippen LogP contribution in [0.4, 0.5) is 5.69 Å². The fraction of sp³-hybridized carbons (Fsp3) is 0.150. The van der Waals surface area contributed by atoms with Crippen LogP contribution in [-0.4, -0.2) is 23.8 Å². The van der Waals surface area contributed by atoms with E-state index in [2.05, 4.69) is 10.3 Å². The summed E-state index contributed by atoms with van der Waals surface area (Å²) in [4.78, 5) is 28.3. The highest BCUT2D eigenvalue weighted by molar-refractivity contribution is 6.02. The molecule has 0 saturated carbocycles. The largest absolute Gasteiger partial charge is 0.481 e. The molecule has 1 heterocycles. The van der Waals surface area contributed by atoms with E-state index in [9.17, 15) is 9.59 Å². The van der Waals surface area contributed by atoms with Gasteiger partial charge in [-0.05, 0) is 22.9 Å². The third kappa shape index (κ3) is 4.20. The van der Waals surface area contributed by atoms with E-state index >= 15 is 0 Å². The number of nitrogens with zero attached hydrogens (tertiary/aromatic N) is 1. The molecule has 0 aliphatic carbocycles. The Labute approximate surface area is 145 Å². The summed E-state index contributed by atoms with van der Waals surface area (Å²) in [5, 5.41) is 4.82. The van der Waals surface area contributed by atoms with Crippen LogP contribution in [0.1, 0.15) is 23.2 Å². The number of pyridine rings is 1. The van der Waals surface area contributed by atoms with Gasteiger partial charge in [0, 0.05) is 24.5 Å². The molecule has 2 aromatic carbocycles. The lowest BCUT2D eigenvalue weighted by Gasteiger charge is -2.06. The Kier molecular flexibility index (Phi) is 5.04. The van der Waals surface area contributed by atoms with Crippen molar-refractivity contribution in [3.63, 3.8) is 0 Å². The SMILES string of the molecule is COc1ccc(NC(=O)CCC(=O)c2ccc3ccccc3c2)cn1. The maximum atomic E-state index is 12.3. The Balaban J connectivity index is 1.57. The number of carbonyl (C=O) groups is 2. The number of ketones is 1. The smallest absolute Gasteiger partial charge is 0.224 e. The normalized spacial score (nSPS) is 10.4. The molecule has 0 saturated heterocycles. The molecular formula is C20H18N2O3. The van der Waals surface area contributed by atoms with Crippen molar-refractivity contribution in [1.82, 2.24) is 4.98 Å². The summed E-state index contributed by atoms with van der Waals surface area (Å²) in [6.45, 7) is 0. The van der Waals surface area contributed by atoms with Crippen molar-refractivity contribution in [2.75, 3.05) is 12.4 Å². The van der Waals surface area contributed by atoms with E-state index in [0.717, 1.165) is 10.8 Å². The Morgan fingerprint density at radius 3 is 2.52 bits per heavy atom. The number of aromatic nitrogens is 1. The Bertz CT molecular complexity index is 904. The van der Waals surface area contributed by atoms with Crippen LogP contribution in [0, 0.1) is 0 Å². The Morgan fingerprint density at radius 1 is 1.00 bits per heavy atom. The van der Waals surface area contributed by atoms with E-state index in [1.54, 1.807) is 18.2 Å². The van der Waals surface area contributed by atoms with Crippen LogP contribution in [-0.2, 0) is 4.79 Å². The lowest BCUT2D eigenvalue weighted by molar-refractivity contribution is -0.116. The Morgan fingerprint density at radius 2 is 1.80 bits per heavy atom. The molecule has 0 spiro atoms. The van der Waals surface area contributed by atoms with Gasteiger partial charge in [0.05, 0.1) is 19.0 Å². The zero-order valence-corrected chi connectivity index (χ0v) is 13.9. The lowest BCUT2D eigenvalue weighted by Crippen LogP contribution is -2.13. The molecule has 5 nitrogen and oxygen atoms in total. The van der Waals surface area contributed by atoms with Crippen molar-refractivity contribution >= 4 is 28.2 Å². The highest BCUT2D eigenvalue weighted by atomic mass is 16.5. The molecule has 0 fully saturated rings. The molecule has 1 aromatic heterocycles. The number of methoxy groups -OCH3 is 1. The van der Waals surface area contributed by atoms with Crippen molar-refractivity contribution < 1.29 is 14.3 Å². The van der Waals surface area contributed by atoms with Crippen LogP contribution in [0.3, 0.4) is 0 Å². The summed E-state index contributed by atoms with van der Waals surface area (Å²) in [7, 11) is 1.53. The first kappa shape index (κ1) is 16.6. The number of benzene rings is 2. The molecule has 3 rings (SSSR count). The zero-order chi connectivity index (χ0) is 17.6. The lowest BCUT2D eigenvalue weighted by atomic mass is 10.0. The number of carbonyl (C=O) groups excluding carboxylic acids is 2. The van der Waals surface area contributed by atoms with Gasteiger partial charge in [0.15, 0.2) is 5.78 Å². The molecule has 0 radical (unpaired) electrons. The number of Topliss-reactive ketones (excluding diaryl/α,β-unsaturated/α-hetero) is 1. The standard InChI is InChI=1S/C20H18N2O3/c1-25-20-11-8-17(13-21-20)22-19(24)10-9-18(23)16-7-6-14-4-2-3-5-15(14)12-16/h2-8,11-13H,9-10H2,1H3,(H,22,24). The number of hydrogen-bond donors (Lipinski definition) is 1. The van der Waals surface area contributed by atoms with Gasteiger partial charge in [0.1, 0.15) is 0 Å². The van der Waals surface area contributed by atoms with Gasteiger partial charge in [0.25, 0.3) is 0 Å². The summed E-state index contributed by atoms with van der Waals surface area (Å²) in [6, 6.07) is 16.8. The van der Waals surface area contributed by atoms with Crippen molar-refractivity contribution in [2.45, 2.75) is 12.8 Å². The van der Waals surface area contributed by atoms with Crippen LogP contribution in [0.15, 0.2) is 60.8 Å². The summed E-state index contributed by atoms with van der Waals surface area (Å²) in [6.07, 6.45) is 1.80. The number of hydrogen-bond acceptors (Lipinski definition) is 4. The molecule has 126 valence electrons. The molecule has 1 N–H and O–H groups in total. The third-order valence-electron chi connectivity index (χ3n) is 3.88. The topological polar surface area (TPSA) is 68.3 Å².